The predicted octanol–water partition coefficient (Wildman–Crippen LogP) is 5.56. The van der Waals surface area contributed by atoms with Crippen LogP contribution in [0.1, 0.15) is 45.2 Å². The van der Waals surface area contributed by atoms with E-state index in [1.807, 2.05) is 31.6 Å². The highest BCUT2D eigenvalue weighted by atomic mass is 35.5. The van der Waals surface area contributed by atoms with Gasteiger partial charge in [-0.2, -0.15) is 5.10 Å². The lowest BCUT2D eigenvalue weighted by molar-refractivity contribution is 0.0185. The molecule has 4 rings (SSSR count). The van der Waals surface area contributed by atoms with Crippen molar-refractivity contribution in [2.45, 2.75) is 51.7 Å². The van der Waals surface area contributed by atoms with Crippen molar-refractivity contribution in [1.29, 1.82) is 0 Å². The summed E-state index contributed by atoms with van der Waals surface area (Å²) in [6, 6.07) is 2.81. The Labute approximate surface area is 224 Å². The van der Waals surface area contributed by atoms with Crippen molar-refractivity contribution < 1.29 is 18.7 Å². The average molecular weight is 551 g/mol. The zero-order valence-electron chi connectivity index (χ0n) is 20.9. The molecule has 0 saturated carbocycles. The van der Waals surface area contributed by atoms with E-state index in [-0.39, 0.29) is 41.9 Å². The highest BCUT2D eigenvalue weighted by molar-refractivity contribution is 6.36. The van der Waals surface area contributed by atoms with Gasteiger partial charge in [-0.25, -0.2) is 19.2 Å². The Balaban J connectivity index is 1.38. The van der Waals surface area contributed by atoms with Gasteiger partial charge in [-0.1, -0.05) is 23.2 Å². The minimum absolute atomic E-state index is 0.0340. The quantitative estimate of drug-likeness (QED) is 0.400. The minimum Gasteiger partial charge on any atom is -0.475 e. The van der Waals surface area contributed by atoms with Gasteiger partial charge in [0, 0.05) is 36.3 Å². The molecule has 0 atom stereocenters. The Bertz CT molecular complexity index is 1270. The number of hydrogen-bond donors (Lipinski definition) is 1. The Morgan fingerprint density at radius 3 is 2.65 bits per heavy atom. The van der Waals surface area contributed by atoms with Gasteiger partial charge in [0.2, 0.25) is 0 Å². The number of benzene rings is 1. The Morgan fingerprint density at radius 2 is 1.95 bits per heavy atom. The van der Waals surface area contributed by atoms with Crippen LogP contribution in [0.15, 0.2) is 30.7 Å². The zero-order valence-corrected chi connectivity index (χ0v) is 22.4. The van der Waals surface area contributed by atoms with Crippen LogP contribution in [0.5, 0.6) is 5.88 Å². The molecule has 2 N–H and O–H groups in total. The molecule has 1 aliphatic rings. The average Bonchev–Trinajstić information content (AvgIpc) is 3.34. The number of carbonyl (C=O) groups excluding carboxylic acids is 1. The van der Waals surface area contributed by atoms with Crippen LogP contribution in [-0.4, -0.2) is 56.0 Å². The van der Waals surface area contributed by atoms with E-state index >= 15 is 0 Å². The van der Waals surface area contributed by atoms with Crippen LogP contribution in [0.2, 0.25) is 10.0 Å². The lowest BCUT2D eigenvalue weighted by atomic mass is 10.1. The van der Waals surface area contributed by atoms with Crippen molar-refractivity contribution in [1.82, 2.24) is 24.6 Å². The van der Waals surface area contributed by atoms with E-state index in [4.69, 9.17) is 38.4 Å². The molecule has 1 aromatic carbocycles. The maximum atomic E-state index is 13.8. The molecule has 3 heterocycles. The molecule has 0 unspecified atom stereocenters. The molecule has 3 aromatic rings. The summed E-state index contributed by atoms with van der Waals surface area (Å²) in [5.41, 5.74) is 7.18. The van der Waals surface area contributed by atoms with Crippen LogP contribution in [0.3, 0.4) is 0 Å². The third kappa shape index (κ3) is 6.61. The second-order valence-corrected chi connectivity index (χ2v) is 10.6. The molecule has 0 bridgehead atoms. The number of amides is 1. The van der Waals surface area contributed by atoms with Gasteiger partial charge in [-0.15, -0.1) is 0 Å². The second kappa shape index (κ2) is 11.1. The molecule has 9 nitrogen and oxygen atoms in total. The highest BCUT2D eigenvalue weighted by Gasteiger charge is 2.28. The number of carbonyl (C=O) groups is 1. The first-order valence-corrected chi connectivity index (χ1v) is 12.7. The molecule has 1 saturated heterocycles. The summed E-state index contributed by atoms with van der Waals surface area (Å²) < 4.78 is 26.8. The number of halogens is 3. The molecule has 0 aliphatic carbocycles. The fourth-order valence-corrected chi connectivity index (χ4v) is 4.54. The Kier molecular flexibility index (Phi) is 8.08. The normalized spacial score (nSPS) is 14.6. The number of nitrogens with zero attached hydrogens (tertiary/aromatic N) is 5. The number of ether oxygens (including phenoxy) is 2. The first-order chi connectivity index (χ1) is 17.5. The molecule has 1 aliphatic heterocycles. The third-order valence-electron chi connectivity index (χ3n) is 5.88. The highest BCUT2D eigenvalue weighted by Crippen LogP contribution is 2.29. The topological polar surface area (TPSA) is 108 Å². The predicted molar refractivity (Wildman–Crippen MR) is 139 cm³/mol. The number of piperidine rings is 1. The van der Waals surface area contributed by atoms with E-state index in [0.29, 0.717) is 29.4 Å². The van der Waals surface area contributed by atoms with Crippen LogP contribution in [0.4, 0.5) is 15.0 Å². The first-order valence-electron chi connectivity index (χ1n) is 11.9. The smallest absolute Gasteiger partial charge is 0.410 e. The molecular weight excluding hydrogens is 522 g/mol. The van der Waals surface area contributed by atoms with Crippen molar-refractivity contribution >= 4 is 35.1 Å². The molecule has 37 heavy (non-hydrogen) atoms. The fraction of sp³-hybridized carbons (Fsp3) is 0.440. The monoisotopic (exact) mass is 550 g/mol. The molecule has 1 amide bonds. The number of aromatic nitrogens is 4. The van der Waals surface area contributed by atoms with E-state index in [0.717, 1.165) is 18.4 Å². The van der Waals surface area contributed by atoms with Crippen molar-refractivity contribution in [3.63, 3.8) is 0 Å². The molecule has 198 valence electrons. The molecule has 1 fully saturated rings. The van der Waals surface area contributed by atoms with Gasteiger partial charge in [-0.05, 0) is 51.3 Å². The lowest BCUT2D eigenvalue weighted by Crippen LogP contribution is -2.42. The summed E-state index contributed by atoms with van der Waals surface area (Å²) >= 11 is 12.2. The van der Waals surface area contributed by atoms with Crippen LogP contribution >= 0.6 is 23.2 Å². The summed E-state index contributed by atoms with van der Waals surface area (Å²) in [7, 11) is 0. The number of likely N-dealkylation sites (tertiary alicyclic amines) is 1. The van der Waals surface area contributed by atoms with Gasteiger partial charge in [0.25, 0.3) is 5.88 Å². The number of anilines is 1. The van der Waals surface area contributed by atoms with E-state index < -0.39 is 11.4 Å². The van der Waals surface area contributed by atoms with Crippen LogP contribution in [0.25, 0.3) is 11.3 Å². The maximum Gasteiger partial charge on any atom is 0.410 e. The van der Waals surface area contributed by atoms with Gasteiger partial charge in [0.1, 0.15) is 11.4 Å². The van der Waals surface area contributed by atoms with Gasteiger partial charge in [0.15, 0.2) is 5.82 Å². The van der Waals surface area contributed by atoms with Crippen molar-refractivity contribution in [3.05, 3.63) is 52.1 Å². The number of rotatable bonds is 6. The third-order valence-corrected chi connectivity index (χ3v) is 6.65. The van der Waals surface area contributed by atoms with Crippen LogP contribution in [0, 0.1) is 5.82 Å². The zero-order chi connectivity index (χ0) is 26.7. The van der Waals surface area contributed by atoms with E-state index in [9.17, 15) is 9.18 Å². The maximum absolute atomic E-state index is 13.8. The first kappa shape index (κ1) is 26.9. The Morgan fingerprint density at radius 1 is 1.22 bits per heavy atom. The van der Waals surface area contributed by atoms with Crippen molar-refractivity contribution in [3.8, 4) is 17.1 Å². The molecule has 0 radical (unpaired) electrons. The Hall–Kier alpha value is -3.11. The molecular formula is C25H29Cl2FN6O3. The van der Waals surface area contributed by atoms with Crippen molar-refractivity contribution in [2.75, 3.05) is 25.4 Å². The second-order valence-electron chi connectivity index (χ2n) is 9.77. The summed E-state index contributed by atoms with van der Waals surface area (Å²) in [5.74, 6) is -0.267. The van der Waals surface area contributed by atoms with E-state index in [1.165, 1.54) is 12.1 Å². The fourth-order valence-electron chi connectivity index (χ4n) is 3.98. The number of hydrogen-bond acceptors (Lipinski definition) is 7. The van der Waals surface area contributed by atoms with Gasteiger partial charge < -0.3 is 20.1 Å². The standard InChI is InChI=1S/C25H29Cl2FN6O3/c1-25(2,3)37-24(35)33-9-6-16(7-10-33)34-14-15(12-31-34)20-13-30-22(29)23(32-20)36-11-8-17-18(26)4-5-19(28)21(17)27/h4-5,12-14,16H,6-11H2,1-3H3,(H2,29,30). The molecule has 2 aromatic heterocycles. The van der Waals surface area contributed by atoms with Crippen molar-refractivity contribution in [2.24, 2.45) is 0 Å². The summed E-state index contributed by atoms with van der Waals surface area (Å²) in [6.45, 7) is 6.88. The molecule has 0 spiro atoms. The molecule has 12 heteroatoms. The summed E-state index contributed by atoms with van der Waals surface area (Å²) in [5, 5.41) is 4.82. The minimum atomic E-state index is -0.546. The number of nitrogen functional groups attached to an aromatic ring is 1. The lowest BCUT2D eigenvalue weighted by Gasteiger charge is -2.33. The van der Waals surface area contributed by atoms with Gasteiger partial charge >= 0.3 is 6.09 Å². The number of nitrogens with two attached hydrogens (primary N) is 1. The van der Waals surface area contributed by atoms with Gasteiger partial charge in [-0.3, -0.25) is 4.68 Å². The van der Waals surface area contributed by atoms with E-state index in [2.05, 4.69) is 15.1 Å². The SMILES string of the molecule is CC(C)(C)OC(=O)N1CCC(n2cc(-c3cnc(N)c(OCCc4c(Cl)ccc(F)c4Cl)n3)cn2)CC1. The van der Waals surface area contributed by atoms with Crippen LogP contribution < -0.4 is 10.5 Å². The largest absolute Gasteiger partial charge is 0.475 e. The summed E-state index contributed by atoms with van der Waals surface area (Å²) in [6.07, 6.45) is 6.63. The van der Waals surface area contributed by atoms with Gasteiger partial charge in [0.05, 0.1) is 35.8 Å². The van der Waals surface area contributed by atoms with E-state index in [1.54, 1.807) is 17.3 Å². The summed E-state index contributed by atoms with van der Waals surface area (Å²) in [4.78, 5) is 22.7. The van der Waals surface area contributed by atoms with Crippen LogP contribution in [-0.2, 0) is 11.2 Å².